The Morgan fingerprint density at radius 2 is 2.00 bits per heavy atom. The van der Waals surface area contributed by atoms with Crippen molar-refractivity contribution in [2.45, 2.75) is 6.54 Å². The zero-order chi connectivity index (χ0) is 14.5. The molecule has 1 heterocycles. The van der Waals surface area contributed by atoms with E-state index in [9.17, 15) is 9.59 Å². The lowest BCUT2D eigenvalue weighted by molar-refractivity contribution is 0.102. The van der Waals surface area contributed by atoms with Crippen molar-refractivity contribution in [3.05, 3.63) is 58.0 Å². The minimum absolute atomic E-state index is 0.171. The molecule has 0 aliphatic carbocycles. The van der Waals surface area contributed by atoms with Gasteiger partial charge in [-0.05, 0) is 31.8 Å². The number of hydrogen-bond acceptors (Lipinski definition) is 4. The maximum absolute atomic E-state index is 12.1. The van der Waals surface area contributed by atoms with E-state index in [1.54, 1.807) is 0 Å². The molecule has 1 aromatic heterocycles. The van der Waals surface area contributed by atoms with Gasteiger partial charge in [-0.3, -0.25) is 9.59 Å². The van der Waals surface area contributed by atoms with Gasteiger partial charge in [0.25, 0.3) is 11.5 Å². The van der Waals surface area contributed by atoms with Gasteiger partial charge in [-0.1, -0.05) is 18.2 Å². The number of H-pyrrole nitrogens is 1. The zero-order valence-corrected chi connectivity index (χ0v) is 11.4. The summed E-state index contributed by atoms with van der Waals surface area (Å²) in [5.41, 5.74) is 1.58. The number of para-hydroxylation sites is 1. The second-order valence-electron chi connectivity index (χ2n) is 4.66. The Hall–Kier alpha value is -2.47. The van der Waals surface area contributed by atoms with Crippen molar-refractivity contribution in [1.29, 1.82) is 0 Å². The first kappa shape index (κ1) is 14.0. The second-order valence-corrected chi connectivity index (χ2v) is 4.66. The number of carbonyl (C=O) groups is 1. The van der Waals surface area contributed by atoms with Crippen LogP contribution < -0.4 is 10.9 Å². The highest BCUT2D eigenvalue weighted by molar-refractivity contribution is 6.03. The van der Waals surface area contributed by atoms with Crippen molar-refractivity contribution in [1.82, 2.24) is 15.1 Å². The van der Waals surface area contributed by atoms with Crippen LogP contribution >= 0.6 is 0 Å². The Morgan fingerprint density at radius 3 is 2.65 bits per heavy atom. The van der Waals surface area contributed by atoms with Crippen LogP contribution in [-0.2, 0) is 6.54 Å². The number of hydrogen-bond donors (Lipinski definition) is 2. The van der Waals surface area contributed by atoms with Crippen LogP contribution in [0.25, 0.3) is 0 Å². The highest BCUT2D eigenvalue weighted by Crippen LogP contribution is 2.16. The molecular formula is C14H16N4O2. The van der Waals surface area contributed by atoms with E-state index in [0.29, 0.717) is 0 Å². The molecule has 6 nitrogen and oxygen atoms in total. The maximum atomic E-state index is 12.1. The molecule has 1 aromatic carbocycles. The van der Waals surface area contributed by atoms with E-state index >= 15 is 0 Å². The van der Waals surface area contributed by atoms with Gasteiger partial charge >= 0.3 is 0 Å². The molecule has 0 unspecified atom stereocenters. The van der Waals surface area contributed by atoms with Crippen LogP contribution in [0.5, 0.6) is 0 Å². The van der Waals surface area contributed by atoms with E-state index in [4.69, 9.17) is 0 Å². The largest absolute Gasteiger partial charge is 0.320 e. The van der Waals surface area contributed by atoms with E-state index in [1.807, 2.05) is 43.3 Å². The third-order valence-electron chi connectivity index (χ3n) is 2.66. The summed E-state index contributed by atoms with van der Waals surface area (Å²) < 4.78 is 0. The minimum Gasteiger partial charge on any atom is -0.320 e. The summed E-state index contributed by atoms with van der Waals surface area (Å²) in [6.45, 7) is 0.718. The molecule has 1 amide bonds. The van der Waals surface area contributed by atoms with Crippen LogP contribution in [0.3, 0.4) is 0 Å². The lowest BCUT2D eigenvalue weighted by atomic mass is 10.1. The van der Waals surface area contributed by atoms with Gasteiger partial charge in [0.15, 0.2) is 0 Å². The first-order valence-corrected chi connectivity index (χ1v) is 6.16. The van der Waals surface area contributed by atoms with E-state index < -0.39 is 0 Å². The molecule has 0 radical (unpaired) electrons. The predicted octanol–water partition coefficient (Wildman–Crippen LogP) is 1.08. The monoisotopic (exact) mass is 272 g/mol. The number of carbonyl (C=O) groups excluding carboxylic acids is 1. The van der Waals surface area contributed by atoms with Crippen molar-refractivity contribution in [3.8, 4) is 0 Å². The fourth-order valence-corrected chi connectivity index (χ4v) is 1.78. The lowest BCUT2D eigenvalue weighted by Crippen LogP contribution is -2.19. The van der Waals surface area contributed by atoms with Gasteiger partial charge in [-0.25, -0.2) is 5.10 Å². The van der Waals surface area contributed by atoms with Crippen molar-refractivity contribution < 1.29 is 4.79 Å². The standard InChI is InChI=1S/C14H16N4O2/c1-18(2)9-10-5-3-4-6-11(10)15-14(20)12-7-8-13(19)17-16-12/h3-8H,9H2,1-2H3,(H,15,20)(H,17,19). The maximum Gasteiger partial charge on any atom is 0.276 e. The summed E-state index contributed by atoms with van der Waals surface area (Å²) >= 11 is 0. The zero-order valence-electron chi connectivity index (χ0n) is 11.4. The third-order valence-corrected chi connectivity index (χ3v) is 2.66. The molecule has 6 heteroatoms. The van der Waals surface area contributed by atoms with Crippen LogP contribution in [0.4, 0.5) is 5.69 Å². The van der Waals surface area contributed by atoms with E-state index in [2.05, 4.69) is 15.5 Å². The lowest BCUT2D eigenvalue weighted by Gasteiger charge is -2.14. The molecule has 2 N–H and O–H groups in total. The summed E-state index contributed by atoms with van der Waals surface area (Å²) in [7, 11) is 3.92. The van der Waals surface area contributed by atoms with Gasteiger partial charge < -0.3 is 10.2 Å². The Bertz CT molecular complexity index is 644. The molecule has 0 bridgehead atoms. The van der Waals surface area contributed by atoms with E-state index in [-0.39, 0.29) is 17.2 Å². The molecule has 0 spiro atoms. The molecular weight excluding hydrogens is 256 g/mol. The Morgan fingerprint density at radius 1 is 1.25 bits per heavy atom. The number of anilines is 1. The summed E-state index contributed by atoms with van der Waals surface area (Å²) in [4.78, 5) is 25.0. The van der Waals surface area contributed by atoms with Gasteiger partial charge in [0, 0.05) is 18.3 Å². The van der Waals surface area contributed by atoms with Crippen molar-refractivity contribution in [3.63, 3.8) is 0 Å². The Kier molecular flexibility index (Phi) is 4.27. The molecule has 2 rings (SSSR count). The van der Waals surface area contributed by atoms with Crippen LogP contribution in [0.2, 0.25) is 0 Å². The number of benzene rings is 1. The van der Waals surface area contributed by atoms with Gasteiger partial charge in [0.2, 0.25) is 0 Å². The normalized spacial score (nSPS) is 10.6. The highest BCUT2D eigenvalue weighted by atomic mass is 16.2. The first-order valence-electron chi connectivity index (χ1n) is 6.16. The first-order chi connectivity index (χ1) is 9.56. The van der Waals surface area contributed by atoms with Crippen molar-refractivity contribution in [2.75, 3.05) is 19.4 Å². The Balaban J connectivity index is 2.19. The summed E-state index contributed by atoms with van der Waals surface area (Å²) in [6, 6.07) is 10.2. The van der Waals surface area contributed by atoms with Crippen LogP contribution in [0.15, 0.2) is 41.2 Å². The quantitative estimate of drug-likeness (QED) is 0.873. The summed E-state index contributed by atoms with van der Waals surface area (Å²) in [6.07, 6.45) is 0. The fourth-order valence-electron chi connectivity index (χ4n) is 1.78. The fraction of sp³-hybridized carbons (Fsp3) is 0.214. The van der Waals surface area contributed by atoms with Crippen LogP contribution in [0, 0.1) is 0 Å². The average Bonchev–Trinajstić information content (AvgIpc) is 2.41. The number of nitrogens with zero attached hydrogens (tertiary/aromatic N) is 2. The molecule has 0 atom stereocenters. The molecule has 0 aliphatic rings. The predicted molar refractivity (Wildman–Crippen MR) is 76.6 cm³/mol. The van der Waals surface area contributed by atoms with Crippen molar-refractivity contribution in [2.24, 2.45) is 0 Å². The molecule has 20 heavy (non-hydrogen) atoms. The number of amides is 1. The number of nitrogens with one attached hydrogen (secondary N) is 2. The molecule has 0 fully saturated rings. The van der Waals surface area contributed by atoms with E-state index in [1.165, 1.54) is 12.1 Å². The topological polar surface area (TPSA) is 78.1 Å². The molecule has 0 saturated carbocycles. The van der Waals surface area contributed by atoms with Crippen molar-refractivity contribution >= 4 is 11.6 Å². The average molecular weight is 272 g/mol. The smallest absolute Gasteiger partial charge is 0.276 e. The van der Waals surface area contributed by atoms with Gasteiger partial charge in [-0.2, -0.15) is 5.10 Å². The van der Waals surface area contributed by atoms with Gasteiger partial charge in [-0.15, -0.1) is 0 Å². The van der Waals surface area contributed by atoms with Gasteiger partial charge in [0.05, 0.1) is 0 Å². The van der Waals surface area contributed by atoms with Gasteiger partial charge in [0.1, 0.15) is 5.69 Å². The van der Waals surface area contributed by atoms with E-state index in [0.717, 1.165) is 17.8 Å². The highest BCUT2D eigenvalue weighted by Gasteiger charge is 2.10. The minimum atomic E-state index is -0.354. The number of rotatable bonds is 4. The van der Waals surface area contributed by atoms with Crippen LogP contribution in [0.1, 0.15) is 16.1 Å². The molecule has 0 saturated heterocycles. The number of aromatic nitrogens is 2. The molecule has 2 aromatic rings. The van der Waals surface area contributed by atoms with Crippen LogP contribution in [-0.4, -0.2) is 35.1 Å². The Labute approximate surface area is 116 Å². The SMILES string of the molecule is CN(C)Cc1ccccc1NC(=O)c1ccc(=O)[nH]n1. The number of aromatic amines is 1. The second kappa shape index (κ2) is 6.12. The molecule has 0 aliphatic heterocycles. The summed E-state index contributed by atoms with van der Waals surface area (Å²) in [5, 5.41) is 8.75. The molecule has 104 valence electrons. The third kappa shape index (κ3) is 3.52. The summed E-state index contributed by atoms with van der Waals surface area (Å²) in [5.74, 6) is -0.354.